The molecule has 1 saturated heterocycles. The molecule has 4 rings (SSSR count). The summed E-state index contributed by atoms with van der Waals surface area (Å²) >= 11 is 0. The molecule has 0 aromatic heterocycles. The molecule has 0 amide bonds. The molecule has 0 saturated carbocycles. The predicted molar refractivity (Wildman–Crippen MR) is 107 cm³/mol. The normalized spacial score (nSPS) is 17.8. The van der Waals surface area contributed by atoms with Gasteiger partial charge in [0.25, 0.3) is 5.69 Å². The predicted octanol–water partition coefficient (Wildman–Crippen LogP) is 3.47. The monoisotopic (exact) mass is 419 g/mol. The zero-order valence-electron chi connectivity index (χ0n) is 15.9. The van der Waals surface area contributed by atoms with Crippen LogP contribution >= 0.6 is 0 Å². The Morgan fingerprint density at radius 1 is 0.966 bits per heavy atom. The third-order valence-electron chi connectivity index (χ3n) is 5.62. The summed E-state index contributed by atoms with van der Waals surface area (Å²) in [7, 11) is -3.75. The van der Waals surface area contributed by atoms with E-state index in [-0.39, 0.29) is 16.4 Å². The van der Waals surface area contributed by atoms with Gasteiger partial charge in [0.2, 0.25) is 10.0 Å². The van der Waals surface area contributed by atoms with Crippen LogP contribution in [0.15, 0.2) is 41.3 Å². The summed E-state index contributed by atoms with van der Waals surface area (Å²) in [5.41, 5.74) is 1.96. The molecule has 0 atom stereocenters. The van der Waals surface area contributed by atoms with Gasteiger partial charge >= 0.3 is 0 Å². The van der Waals surface area contributed by atoms with E-state index in [1.54, 1.807) is 6.07 Å². The van der Waals surface area contributed by atoms with Crippen molar-refractivity contribution in [2.24, 2.45) is 0 Å². The summed E-state index contributed by atoms with van der Waals surface area (Å²) in [5, 5.41) is 11.7. The first-order valence-corrected chi connectivity index (χ1v) is 11.1. The SMILES string of the molecule is O=[N+]([O-])c1cc(S(=O)(=O)N2CCCCC2)ccc1N1CCc2cc(F)ccc2C1. The van der Waals surface area contributed by atoms with Crippen LogP contribution in [0.4, 0.5) is 15.8 Å². The lowest BCUT2D eigenvalue weighted by atomic mass is 9.99. The van der Waals surface area contributed by atoms with Gasteiger partial charge in [-0.1, -0.05) is 12.5 Å². The average molecular weight is 419 g/mol. The Kier molecular flexibility index (Phi) is 5.26. The average Bonchev–Trinajstić information content (AvgIpc) is 2.73. The van der Waals surface area contributed by atoms with Crippen molar-refractivity contribution >= 4 is 21.4 Å². The van der Waals surface area contributed by atoms with E-state index in [1.165, 1.54) is 34.6 Å². The number of benzene rings is 2. The number of nitro groups is 1. The molecule has 2 aromatic carbocycles. The van der Waals surface area contributed by atoms with Crippen LogP contribution < -0.4 is 4.90 Å². The summed E-state index contributed by atoms with van der Waals surface area (Å²) in [5.74, 6) is -0.296. The second-order valence-corrected chi connectivity index (χ2v) is 9.39. The number of halogens is 1. The van der Waals surface area contributed by atoms with Crippen LogP contribution in [-0.2, 0) is 23.0 Å². The molecule has 0 spiro atoms. The second kappa shape index (κ2) is 7.72. The lowest BCUT2D eigenvalue weighted by Crippen LogP contribution is -2.35. The number of anilines is 1. The molecule has 9 heteroatoms. The molecular weight excluding hydrogens is 397 g/mol. The van der Waals surface area contributed by atoms with E-state index in [2.05, 4.69) is 0 Å². The van der Waals surface area contributed by atoms with Crippen LogP contribution in [0.3, 0.4) is 0 Å². The van der Waals surface area contributed by atoms with E-state index in [4.69, 9.17) is 0 Å². The molecule has 1 fully saturated rings. The number of hydrogen-bond acceptors (Lipinski definition) is 5. The smallest absolute Gasteiger partial charge is 0.293 e. The summed E-state index contributed by atoms with van der Waals surface area (Å²) in [6, 6.07) is 8.70. The molecule has 2 heterocycles. The molecule has 154 valence electrons. The van der Waals surface area contributed by atoms with Crippen LogP contribution in [0.2, 0.25) is 0 Å². The van der Waals surface area contributed by atoms with Gasteiger partial charge in [0.05, 0.1) is 9.82 Å². The summed E-state index contributed by atoms with van der Waals surface area (Å²) in [4.78, 5) is 13.0. The van der Waals surface area contributed by atoms with Gasteiger partial charge in [0.15, 0.2) is 0 Å². The van der Waals surface area contributed by atoms with E-state index in [0.717, 1.165) is 30.4 Å². The first kappa shape index (κ1) is 19.8. The molecule has 29 heavy (non-hydrogen) atoms. The lowest BCUT2D eigenvalue weighted by molar-refractivity contribution is -0.384. The minimum Gasteiger partial charge on any atom is -0.361 e. The van der Waals surface area contributed by atoms with Gasteiger partial charge in [0, 0.05) is 32.2 Å². The largest absolute Gasteiger partial charge is 0.361 e. The van der Waals surface area contributed by atoms with E-state index >= 15 is 0 Å². The van der Waals surface area contributed by atoms with Crippen LogP contribution in [-0.4, -0.2) is 37.3 Å². The van der Waals surface area contributed by atoms with E-state index in [0.29, 0.717) is 38.3 Å². The number of fused-ring (bicyclic) bond motifs is 1. The number of rotatable bonds is 4. The number of sulfonamides is 1. The standard InChI is InChI=1S/C20H22FN3O4S/c21-17-5-4-16-14-22(11-8-15(16)12-17)19-7-6-18(13-20(19)24(25)26)29(27,28)23-9-2-1-3-10-23/h4-7,12-13H,1-3,8-11,14H2. The molecule has 0 N–H and O–H groups in total. The first-order chi connectivity index (χ1) is 13.9. The topological polar surface area (TPSA) is 83.8 Å². The van der Waals surface area contributed by atoms with Crippen molar-refractivity contribution in [3.63, 3.8) is 0 Å². The van der Waals surface area contributed by atoms with Gasteiger partial charge in [-0.25, -0.2) is 12.8 Å². The van der Waals surface area contributed by atoms with Gasteiger partial charge < -0.3 is 4.90 Å². The van der Waals surface area contributed by atoms with Crippen molar-refractivity contribution < 1.29 is 17.7 Å². The van der Waals surface area contributed by atoms with Crippen molar-refractivity contribution in [3.05, 3.63) is 63.5 Å². The maximum Gasteiger partial charge on any atom is 0.293 e. The Hall–Kier alpha value is -2.52. The highest BCUT2D eigenvalue weighted by atomic mass is 32.2. The second-order valence-electron chi connectivity index (χ2n) is 7.46. The zero-order chi connectivity index (χ0) is 20.6. The minimum atomic E-state index is -3.75. The fourth-order valence-electron chi connectivity index (χ4n) is 4.06. The molecule has 0 unspecified atom stereocenters. The zero-order valence-corrected chi connectivity index (χ0v) is 16.7. The lowest BCUT2D eigenvalue weighted by Gasteiger charge is -2.31. The highest BCUT2D eigenvalue weighted by Gasteiger charge is 2.30. The van der Waals surface area contributed by atoms with Gasteiger partial charge in [-0.2, -0.15) is 4.31 Å². The molecule has 0 radical (unpaired) electrons. The van der Waals surface area contributed by atoms with Gasteiger partial charge in [-0.05, 0) is 54.7 Å². The van der Waals surface area contributed by atoms with Crippen LogP contribution in [0.5, 0.6) is 0 Å². The van der Waals surface area contributed by atoms with Crippen molar-refractivity contribution in [1.29, 1.82) is 0 Å². The summed E-state index contributed by atoms with van der Waals surface area (Å²) in [6.45, 7) is 1.79. The molecule has 2 aliphatic rings. The minimum absolute atomic E-state index is 0.0469. The van der Waals surface area contributed by atoms with Gasteiger partial charge in [0.1, 0.15) is 11.5 Å². The molecule has 2 aromatic rings. The fourth-order valence-corrected chi connectivity index (χ4v) is 5.60. The quantitative estimate of drug-likeness (QED) is 0.560. The fraction of sp³-hybridized carbons (Fsp3) is 0.400. The van der Waals surface area contributed by atoms with E-state index in [9.17, 15) is 22.9 Å². The molecular formula is C20H22FN3O4S. The molecule has 0 aliphatic carbocycles. The third kappa shape index (κ3) is 3.84. The maximum absolute atomic E-state index is 13.4. The number of nitrogens with zero attached hydrogens (tertiary/aromatic N) is 3. The Labute approximate surface area is 168 Å². The van der Waals surface area contributed by atoms with Crippen molar-refractivity contribution in [1.82, 2.24) is 4.31 Å². The molecule has 0 bridgehead atoms. The third-order valence-corrected chi connectivity index (χ3v) is 7.51. The highest BCUT2D eigenvalue weighted by Crippen LogP contribution is 2.35. The first-order valence-electron chi connectivity index (χ1n) is 9.67. The maximum atomic E-state index is 13.4. The Morgan fingerprint density at radius 2 is 1.72 bits per heavy atom. The highest BCUT2D eigenvalue weighted by molar-refractivity contribution is 7.89. The van der Waals surface area contributed by atoms with E-state index < -0.39 is 14.9 Å². The number of hydrogen-bond donors (Lipinski definition) is 0. The number of nitro benzene ring substituents is 1. The molecule has 7 nitrogen and oxygen atoms in total. The Morgan fingerprint density at radius 3 is 2.45 bits per heavy atom. The summed E-state index contributed by atoms with van der Waals surface area (Å²) < 4.78 is 40.6. The van der Waals surface area contributed by atoms with Gasteiger partial charge in [-0.15, -0.1) is 0 Å². The Bertz CT molecular complexity index is 1050. The van der Waals surface area contributed by atoms with Gasteiger partial charge in [-0.3, -0.25) is 10.1 Å². The van der Waals surface area contributed by atoms with Crippen molar-refractivity contribution in [2.75, 3.05) is 24.5 Å². The van der Waals surface area contributed by atoms with Crippen molar-refractivity contribution in [3.8, 4) is 0 Å². The van der Waals surface area contributed by atoms with Crippen LogP contribution in [0.1, 0.15) is 30.4 Å². The number of piperidine rings is 1. The Balaban J connectivity index is 1.67. The van der Waals surface area contributed by atoms with E-state index in [1.807, 2.05) is 4.90 Å². The van der Waals surface area contributed by atoms with Crippen LogP contribution in [0.25, 0.3) is 0 Å². The van der Waals surface area contributed by atoms with Crippen molar-refractivity contribution in [2.45, 2.75) is 37.1 Å². The molecule has 2 aliphatic heterocycles. The summed E-state index contributed by atoms with van der Waals surface area (Å²) in [6.07, 6.45) is 3.16. The van der Waals surface area contributed by atoms with Crippen LogP contribution in [0, 0.1) is 15.9 Å².